The molecular weight excluding hydrogens is 293 g/mol. The summed E-state index contributed by atoms with van der Waals surface area (Å²) in [5.41, 5.74) is 0.460. The van der Waals surface area contributed by atoms with Crippen molar-refractivity contribution in [3.8, 4) is 0 Å². The van der Waals surface area contributed by atoms with E-state index < -0.39 is 11.7 Å². The van der Waals surface area contributed by atoms with Gasteiger partial charge in [-0.15, -0.1) is 0 Å². The lowest BCUT2D eigenvalue weighted by molar-refractivity contribution is -0.137. The van der Waals surface area contributed by atoms with Gasteiger partial charge in [-0.25, -0.2) is 0 Å². The number of benzene rings is 1. The van der Waals surface area contributed by atoms with Gasteiger partial charge in [-0.05, 0) is 36.2 Å². The van der Waals surface area contributed by atoms with E-state index in [1.165, 1.54) is 12.1 Å². The summed E-state index contributed by atoms with van der Waals surface area (Å²) < 4.78 is 37.9. The lowest BCUT2D eigenvalue weighted by atomic mass is 10.1. The van der Waals surface area contributed by atoms with Gasteiger partial charge in [0.1, 0.15) is 0 Å². The van der Waals surface area contributed by atoms with E-state index in [4.69, 9.17) is 0 Å². The molecule has 0 saturated heterocycles. The highest BCUT2D eigenvalue weighted by Gasteiger charge is 2.30. The highest BCUT2D eigenvalue weighted by molar-refractivity contribution is 5.79. The first kappa shape index (κ1) is 16.0. The molecule has 0 aliphatic heterocycles. The van der Waals surface area contributed by atoms with Gasteiger partial charge in [-0.2, -0.15) is 13.2 Å². The topological polar surface area (TPSA) is 42.0 Å². The van der Waals surface area contributed by atoms with Gasteiger partial charge in [0, 0.05) is 12.4 Å². The van der Waals surface area contributed by atoms with Crippen LogP contribution in [0.3, 0.4) is 0 Å². The van der Waals surface area contributed by atoms with E-state index in [9.17, 15) is 18.0 Å². The molecule has 0 aliphatic rings. The molecule has 3 nitrogen and oxygen atoms in total. The molecule has 0 bridgehead atoms. The Kier molecular flexibility index (Phi) is 4.80. The van der Waals surface area contributed by atoms with Crippen LogP contribution in [0.1, 0.15) is 29.7 Å². The van der Waals surface area contributed by atoms with Gasteiger partial charge < -0.3 is 5.32 Å². The fraction of sp³-hybridized carbons (Fsp3) is 0.250. The summed E-state index contributed by atoms with van der Waals surface area (Å²) in [5, 5.41) is 2.75. The van der Waals surface area contributed by atoms with Crippen molar-refractivity contribution in [1.82, 2.24) is 10.3 Å². The standard InChI is InChI=1S/C16H15F3N2O/c1-11(13-5-7-20-8-6-13)21-15(22)10-12-3-2-4-14(9-12)16(17,18)19/h2-9,11H,10H2,1H3,(H,21,22)/t11-/m0/s1. The fourth-order valence-corrected chi connectivity index (χ4v) is 2.07. The fourth-order valence-electron chi connectivity index (χ4n) is 2.07. The van der Waals surface area contributed by atoms with E-state index in [-0.39, 0.29) is 18.4 Å². The molecule has 0 aliphatic carbocycles. The van der Waals surface area contributed by atoms with Crippen LogP contribution < -0.4 is 5.32 Å². The summed E-state index contributed by atoms with van der Waals surface area (Å²) in [5.74, 6) is -0.330. The summed E-state index contributed by atoms with van der Waals surface area (Å²) in [6, 6.07) is 8.10. The average molecular weight is 308 g/mol. The Morgan fingerprint density at radius 1 is 1.23 bits per heavy atom. The van der Waals surface area contributed by atoms with Crippen molar-refractivity contribution in [2.45, 2.75) is 25.6 Å². The molecule has 1 aromatic carbocycles. The van der Waals surface area contributed by atoms with Gasteiger partial charge >= 0.3 is 6.18 Å². The number of carbonyl (C=O) groups excluding carboxylic acids is 1. The number of alkyl halides is 3. The molecule has 1 heterocycles. The van der Waals surface area contributed by atoms with Crippen LogP contribution in [-0.2, 0) is 17.4 Å². The zero-order valence-electron chi connectivity index (χ0n) is 11.9. The van der Waals surface area contributed by atoms with Crippen LogP contribution in [0.2, 0.25) is 0 Å². The van der Waals surface area contributed by atoms with Crippen molar-refractivity contribution in [2.24, 2.45) is 0 Å². The van der Waals surface area contributed by atoms with Gasteiger partial charge in [0.15, 0.2) is 0 Å². The number of aromatic nitrogens is 1. The monoisotopic (exact) mass is 308 g/mol. The van der Waals surface area contributed by atoms with Crippen molar-refractivity contribution in [3.05, 3.63) is 65.5 Å². The lowest BCUT2D eigenvalue weighted by Crippen LogP contribution is -2.28. The van der Waals surface area contributed by atoms with Crippen molar-refractivity contribution < 1.29 is 18.0 Å². The molecule has 0 radical (unpaired) electrons. The summed E-state index contributed by atoms with van der Waals surface area (Å²) in [7, 11) is 0. The molecule has 22 heavy (non-hydrogen) atoms. The number of pyridine rings is 1. The first-order valence-electron chi connectivity index (χ1n) is 6.71. The van der Waals surface area contributed by atoms with Gasteiger partial charge in [0.05, 0.1) is 18.0 Å². The van der Waals surface area contributed by atoms with E-state index in [1.807, 2.05) is 0 Å². The van der Waals surface area contributed by atoms with Gasteiger partial charge in [0.25, 0.3) is 0 Å². The molecule has 1 N–H and O–H groups in total. The summed E-state index contributed by atoms with van der Waals surface area (Å²) in [4.78, 5) is 15.8. The van der Waals surface area contributed by atoms with E-state index >= 15 is 0 Å². The molecule has 6 heteroatoms. The van der Waals surface area contributed by atoms with Crippen molar-refractivity contribution in [1.29, 1.82) is 0 Å². The average Bonchev–Trinajstić information content (AvgIpc) is 2.47. The summed E-state index contributed by atoms with van der Waals surface area (Å²) >= 11 is 0. The molecule has 0 fully saturated rings. The largest absolute Gasteiger partial charge is 0.416 e. The maximum Gasteiger partial charge on any atom is 0.416 e. The summed E-state index contributed by atoms with van der Waals surface area (Å²) in [6.07, 6.45) is -1.27. The molecule has 0 spiro atoms. The molecule has 2 aromatic rings. The normalized spacial score (nSPS) is 12.7. The second kappa shape index (κ2) is 6.60. The minimum atomic E-state index is -4.41. The predicted molar refractivity (Wildman–Crippen MR) is 75.9 cm³/mol. The Bertz CT molecular complexity index is 641. The zero-order valence-corrected chi connectivity index (χ0v) is 11.9. The number of rotatable bonds is 4. The van der Waals surface area contributed by atoms with Gasteiger partial charge in [-0.3, -0.25) is 9.78 Å². The van der Waals surface area contributed by atoms with E-state index in [0.29, 0.717) is 5.56 Å². The molecule has 0 saturated carbocycles. The SMILES string of the molecule is C[C@H](NC(=O)Cc1cccc(C(F)(F)F)c1)c1ccncc1. The van der Waals surface area contributed by atoms with E-state index in [0.717, 1.165) is 17.7 Å². The van der Waals surface area contributed by atoms with Crippen LogP contribution in [0, 0.1) is 0 Å². The third kappa shape index (κ3) is 4.31. The molecule has 116 valence electrons. The number of nitrogens with zero attached hydrogens (tertiary/aromatic N) is 1. The first-order valence-corrected chi connectivity index (χ1v) is 6.71. The Morgan fingerprint density at radius 3 is 2.55 bits per heavy atom. The molecule has 2 rings (SSSR count). The quantitative estimate of drug-likeness (QED) is 0.939. The lowest BCUT2D eigenvalue weighted by Gasteiger charge is -2.14. The third-order valence-electron chi connectivity index (χ3n) is 3.20. The van der Waals surface area contributed by atoms with Crippen LogP contribution in [0.5, 0.6) is 0 Å². The Hall–Kier alpha value is -2.37. The number of hydrogen-bond acceptors (Lipinski definition) is 2. The number of amides is 1. The van der Waals surface area contributed by atoms with Crippen LogP contribution in [-0.4, -0.2) is 10.9 Å². The Morgan fingerprint density at radius 2 is 1.91 bits per heavy atom. The number of halogens is 3. The van der Waals surface area contributed by atoms with E-state index in [1.54, 1.807) is 31.5 Å². The smallest absolute Gasteiger partial charge is 0.349 e. The maximum absolute atomic E-state index is 12.6. The van der Waals surface area contributed by atoms with Gasteiger partial charge in [-0.1, -0.05) is 18.2 Å². The number of carbonyl (C=O) groups is 1. The minimum Gasteiger partial charge on any atom is -0.349 e. The molecule has 1 atom stereocenters. The predicted octanol–water partition coefficient (Wildman–Crippen LogP) is 3.52. The number of nitrogens with one attached hydrogen (secondary N) is 1. The van der Waals surface area contributed by atoms with Crippen molar-refractivity contribution in [2.75, 3.05) is 0 Å². The molecule has 1 amide bonds. The second-order valence-corrected chi connectivity index (χ2v) is 4.94. The number of hydrogen-bond donors (Lipinski definition) is 1. The second-order valence-electron chi connectivity index (χ2n) is 4.94. The minimum absolute atomic E-state index is 0.0979. The van der Waals surface area contributed by atoms with Crippen LogP contribution in [0.4, 0.5) is 13.2 Å². The summed E-state index contributed by atoms with van der Waals surface area (Å²) in [6.45, 7) is 1.80. The highest BCUT2D eigenvalue weighted by atomic mass is 19.4. The third-order valence-corrected chi connectivity index (χ3v) is 3.20. The van der Waals surface area contributed by atoms with Crippen molar-refractivity contribution >= 4 is 5.91 Å². The zero-order chi connectivity index (χ0) is 16.2. The Labute approximate surface area is 126 Å². The Balaban J connectivity index is 2.01. The molecular formula is C16H15F3N2O. The van der Waals surface area contributed by atoms with Crippen LogP contribution in [0.15, 0.2) is 48.8 Å². The highest BCUT2D eigenvalue weighted by Crippen LogP contribution is 2.29. The van der Waals surface area contributed by atoms with Crippen LogP contribution in [0.25, 0.3) is 0 Å². The maximum atomic E-state index is 12.6. The molecule has 0 unspecified atom stereocenters. The van der Waals surface area contributed by atoms with Gasteiger partial charge in [0.2, 0.25) is 5.91 Å². The molecule has 1 aromatic heterocycles. The van der Waals surface area contributed by atoms with Crippen molar-refractivity contribution in [3.63, 3.8) is 0 Å². The van der Waals surface area contributed by atoms with Crippen LogP contribution >= 0.6 is 0 Å². The first-order chi connectivity index (χ1) is 10.4. The van der Waals surface area contributed by atoms with E-state index in [2.05, 4.69) is 10.3 Å².